The first kappa shape index (κ1) is 13.3. The summed E-state index contributed by atoms with van der Waals surface area (Å²) in [7, 11) is 1.82. The number of aryl methyl sites for hydroxylation is 2. The summed E-state index contributed by atoms with van der Waals surface area (Å²) in [5, 5.41) is 12.2. The van der Waals surface area contributed by atoms with Crippen molar-refractivity contribution in [2.45, 2.75) is 12.8 Å². The highest BCUT2D eigenvalue weighted by Crippen LogP contribution is 2.18. The lowest BCUT2D eigenvalue weighted by molar-refractivity contribution is 0.309. The van der Waals surface area contributed by atoms with Crippen LogP contribution in [0.3, 0.4) is 0 Å². The molecule has 21 heavy (non-hydrogen) atoms. The molecule has 1 aromatic carbocycles. The van der Waals surface area contributed by atoms with Crippen molar-refractivity contribution < 1.29 is 4.74 Å². The van der Waals surface area contributed by atoms with Crippen LogP contribution in [-0.2, 0) is 13.5 Å². The SMILES string of the molecule is Cn1nnnc1CCCOc1ccc2[nH]c(=O)ccc2c1. The number of tetrazole rings is 1. The van der Waals surface area contributed by atoms with E-state index in [0.717, 1.165) is 35.3 Å². The monoisotopic (exact) mass is 285 g/mol. The van der Waals surface area contributed by atoms with E-state index in [0.29, 0.717) is 6.61 Å². The molecule has 2 aromatic heterocycles. The lowest BCUT2D eigenvalue weighted by Crippen LogP contribution is -2.05. The van der Waals surface area contributed by atoms with Gasteiger partial charge in [-0.15, -0.1) is 5.10 Å². The Morgan fingerprint density at radius 1 is 1.29 bits per heavy atom. The largest absolute Gasteiger partial charge is 0.494 e. The van der Waals surface area contributed by atoms with Crippen LogP contribution >= 0.6 is 0 Å². The zero-order valence-electron chi connectivity index (χ0n) is 11.6. The van der Waals surface area contributed by atoms with Crippen molar-refractivity contribution in [2.75, 3.05) is 6.61 Å². The third-order valence-corrected chi connectivity index (χ3v) is 3.22. The van der Waals surface area contributed by atoms with Gasteiger partial charge in [0, 0.05) is 30.4 Å². The highest BCUT2D eigenvalue weighted by Gasteiger charge is 2.02. The van der Waals surface area contributed by atoms with Crippen molar-refractivity contribution in [1.29, 1.82) is 0 Å². The molecule has 3 rings (SSSR count). The fraction of sp³-hybridized carbons (Fsp3) is 0.286. The first-order valence-electron chi connectivity index (χ1n) is 6.69. The van der Waals surface area contributed by atoms with E-state index in [1.165, 1.54) is 6.07 Å². The Balaban J connectivity index is 1.59. The molecule has 0 aliphatic carbocycles. The lowest BCUT2D eigenvalue weighted by Gasteiger charge is -2.06. The minimum atomic E-state index is -0.103. The van der Waals surface area contributed by atoms with Crippen LogP contribution in [0.1, 0.15) is 12.2 Å². The van der Waals surface area contributed by atoms with Gasteiger partial charge in [-0.3, -0.25) is 4.79 Å². The molecule has 0 aliphatic heterocycles. The Kier molecular flexibility index (Phi) is 3.63. The zero-order valence-corrected chi connectivity index (χ0v) is 11.6. The second-order valence-corrected chi connectivity index (χ2v) is 4.74. The molecule has 0 saturated carbocycles. The second kappa shape index (κ2) is 5.74. The minimum absolute atomic E-state index is 0.103. The first-order valence-corrected chi connectivity index (χ1v) is 6.69. The van der Waals surface area contributed by atoms with Gasteiger partial charge in [-0.25, -0.2) is 4.68 Å². The van der Waals surface area contributed by atoms with Gasteiger partial charge in [-0.1, -0.05) is 0 Å². The Bertz CT molecular complexity index is 808. The average Bonchev–Trinajstić information content (AvgIpc) is 2.89. The van der Waals surface area contributed by atoms with Crippen molar-refractivity contribution >= 4 is 10.9 Å². The van der Waals surface area contributed by atoms with Crippen LogP contribution in [-0.4, -0.2) is 31.8 Å². The Labute approximate surface area is 120 Å². The number of aromatic nitrogens is 5. The molecule has 0 amide bonds. The molecule has 0 fully saturated rings. The third-order valence-electron chi connectivity index (χ3n) is 3.22. The number of hydrogen-bond donors (Lipinski definition) is 1. The molecule has 0 saturated heterocycles. The van der Waals surface area contributed by atoms with Crippen molar-refractivity contribution in [3.8, 4) is 5.75 Å². The molecule has 0 aliphatic rings. The van der Waals surface area contributed by atoms with Gasteiger partial charge in [0.2, 0.25) is 5.56 Å². The summed E-state index contributed by atoms with van der Waals surface area (Å²) in [6, 6.07) is 8.90. The molecule has 7 heteroatoms. The number of fused-ring (bicyclic) bond motifs is 1. The van der Waals surface area contributed by atoms with E-state index < -0.39 is 0 Å². The van der Waals surface area contributed by atoms with Gasteiger partial charge in [0.1, 0.15) is 5.75 Å². The van der Waals surface area contributed by atoms with E-state index in [2.05, 4.69) is 20.5 Å². The molecule has 108 valence electrons. The number of rotatable bonds is 5. The normalized spacial score (nSPS) is 10.9. The standard InChI is InChI=1S/C14H15N5O2/c1-19-13(16-17-18-19)3-2-8-21-11-5-6-12-10(9-11)4-7-14(20)15-12/h4-7,9H,2-3,8H2,1H3,(H,15,20). The van der Waals surface area contributed by atoms with Gasteiger partial charge < -0.3 is 9.72 Å². The van der Waals surface area contributed by atoms with Gasteiger partial charge in [-0.2, -0.15) is 0 Å². The first-order chi connectivity index (χ1) is 10.2. The maximum atomic E-state index is 11.2. The summed E-state index contributed by atoms with van der Waals surface area (Å²) in [6.45, 7) is 0.585. The number of H-pyrrole nitrogens is 1. The molecule has 0 radical (unpaired) electrons. The minimum Gasteiger partial charge on any atom is -0.494 e. The summed E-state index contributed by atoms with van der Waals surface area (Å²) in [5.41, 5.74) is 0.702. The number of pyridine rings is 1. The smallest absolute Gasteiger partial charge is 0.248 e. The summed E-state index contributed by atoms with van der Waals surface area (Å²) < 4.78 is 7.37. The van der Waals surface area contributed by atoms with E-state index in [4.69, 9.17) is 4.74 Å². The molecular formula is C14H15N5O2. The van der Waals surface area contributed by atoms with E-state index >= 15 is 0 Å². The van der Waals surface area contributed by atoms with Gasteiger partial charge in [0.15, 0.2) is 5.82 Å². The molecule has 2 heterocycles. The second-order valence-electron chi connectivity index (χ2n) is 4.74. The Hall–Kier alpha value is -2.70. The van der Waals surface area contributed by atoms with Crippen LogP contribution in [0.4, 0.5) is 0 Å². The summed E-state index contributed by atoms with van der Waals surface area (Å²) in [6.07, 6.45) is 1.60. The molecule has 0 bridgehead atoms. The maximum absolute atomic E-state index is 11.2. The number of hydrogen-bond acceptors (Lipinski definition) is 5. The van der Waals surface area contributed by atoms with E-state index in [-0.39, 0.29) is 5.56 Å². The quantitative estimate of drug-likeness (QED) is 0.708. The highest BCUT2D eigenvalue weighted by molar-refractivity contribution is 5.79. The van der Waals surface area contributed by atoms with Crippen molar-refractivity contribution in [3.05, 3.63) is 46.5 Å². The van der Waals surface area contributed by atoms with Crippen LogP contribution in [0.5, 0.6) is 5.75 Å². The van der Waals surface area contributed by atoms with Crippen molar-refractivity contribution in [2.24, 2.45) is 7.05 Å². The Morgan fingerprint density at radius 2 is 2.19 bits per heavy atom. The van der Waals surface area contributed by atoms with Crippen LogP contribution in [0, 0.1) is 0 Å². The van der Waals surface area contributed by atoms with Crippen LogP contribution < -0.4 is 10.3 Å². The molecule has 3 aromatic rings. The summed E-state index contributed by atoms with van der Waals surface area (Å²) >= 11 is 0. The zero-order chi connectivity index (χ0) is 14.7. The van der Waals surface area contributed by atoms with E-state index in [1.54, 1.807) is 10.7 Å². The van der Waals surface area contributed by atoms with E-state index in [1.807, 2.05) is 25.2 Å². The van der Waals surface area contributed by atoms with Crippen LogP contribution in [0.25, 0.3) is 10.9 Å². The topological polar surface area (TPSA) is 85.7 Å². The number of aromatic amines is 1. The van der Waals surface area contributed by atoms with Crippen LogP contribution in [0.15, 0.2) is 35.1 Å². The molecule has 0 unspecified atom stereocenters. The van der Waals surface area contributed by atoms with Crippen LogP contribution in [0.2, 0.25) is 0 Å². The lowest BCUT2D eigenvalue weighted by atomic mass is 10.2. The van der Waals surface area contributed by atoms with E-state index in [9.17, 15) is 4.79 Å². The molecule has 0 spiro atoms. The highest BCUT2D eigenvalue weighted by atomic mass is 16.5. The molecule has 1 N–H and O–H groups in total. The van der Waals surface area contributed by atoms with Crippen molar-refractivity contribution in [1.82, 2.24) is 25.2 Å². The van der Waals surface area contributed by atoms with Crippen molar-refractivity contribution in [3.63, 3.8) is 0 Å². The third kappa shape index (κ3) is 3.07. The van der Waals surface area contributed by atoms with Gasteiger partial charge >= 0.3 is 0 Å². The fourth-order valence-electron chi connectivity index (χ4n) is 2.10. The number of nitrogens with one attached hydrogen (secondary N) is 1. The van der Waals surface area contributed by atoms with Gasteiger partial charge in [0.05, 0.1) is 6.61 Å². The van der Waals surface area contributed by atoms with Gasteiger partial charge in [0.25, 0.3) is 0 Å². The number of nitrogens with zero attached hydrogens (tertiary/aromatic N) is 4. The summed E-state index contributed by atoms with van der Waals surface area (Å²) in [5.74, 6) is 1.63. The average molecular weight is 285 g/mol. The molecule has 0 atom stereocenters. The maximum Gasteiger partial charge on any atom is 0.248 e. The fourth-order valence-corrected chi connectivity index (χ4v) is 2.10. The number of benzene rings is 1. The number of ether oxygens (including phenoxy) is 1. The Morgan fingerprint density at radius 3 is 3.00 bits per heavy atom. The predicted molar refractivity (Wildman–Crippen MR) is 77.2 cm³/mol. The summed E-state index contributed by atoms with van der Waals surface area (Å²) in [4.78, 5) is 14.0. The predicted octanol–water partition coefficient (Wildman–Crippen LogP) is 1.06. The van der Waals surface area contributed by atoms with Gasteiger partial charge in [-0.05, 0) is 41.1 Å². The molecular weight excluding hydrogens is 270 g/mol. The molecule has 7 nitrogen and oxygen atoms in total.